The monoisotopic (exact) mass is 661 g/mol. The van der Waals surface area contributed by atoms with E-state index in [1.165, 1.54) is 0 Å². The lowest BCUT2D eigenvalue weighted by molar-refractivity contribution is -0.139. The molecule has 0 aliphatic carbocycles. The van der Waals surface area contributed by atoms with E-state index < -0.39 is 23.7 Å². The minimum Gasteiger partial charge on any atom is -0.489 e. The van der Waals surface area contributed by atoms with Gasteiger partial charge in [0.25, 0.3) is 0 Å². The van der Waals surface area contributed by atoms with Crippen LogP contribution in [0.2, 0.25) is 0 Å². The van der Waals surface area contributed by atoms with E-state index in [1.54, 1.807) is 33.2 Å². The van der Waals surface area contributed by atoms with Gasteiger partial charge in [-0.15, -0.1) is 0 Å². The minimum absolute atomic E-state index is 0.137. The summed E-state index contributed by atoms with van der Waals surface area (Å²) in [5.74, 6) is 6.44. The second-order valence-electron chi connectivity index (χ2n) is 12.2. The molecule has 1 atom stereocenters. The first-order valence-corrected chi connectivity index (χ1v) is 16.1. The van der Waals surface area contributed by atoms with E-state index in [4.69, 9.17) is 14.2 Å². The summed E-state index contributed by atoms with van der Waals surface area (Å²) in [5.41, 5.74) is 3.02. The molecule has 254 valence electrons. The summed E-state index contributed by atoms with van der Waals surface area (Å²) >= 11 is 0. The van der Waals surface area contributed by atoms with E-state index >= 15 is 0 Å². The highest BCUT2D eigenvalue weighted by Crippen LogP contribution is 2.25. The molecule has 0 unspecified atom stereocenters. The third-order valence-corrected chi connectivity index (χ3v) is 7.11. The Bertz CT molecular complexity index is 1730. The normalized spacial score (nSPS) is 11.8. The Morgan fingerprint density at radius 1 is 0.878 bits per heavy atom. The summed E-state index contributed by atoms with van der Waals surface area (Å²) in [4.78, 5) is 30.8. The lowest BCUT2D eigenvalue weighted by atomic mass is 10.1. The number of benzene rings is 3. The minimum atomic E-state index is -1.15. The van der Waals surface area contributed by atoms with E-state index in [9.17, 15) is 14.7 Å². The molecule has 3 aromatic carbocycles. The van der Waals surface area contributed by atoms with Gasteiger partial charge in [-0.3, -0.25) is 9.88 Å². The molecule has 4 aromatic rings. The predicted molar refractivity (Wildman–Crippen MR) is 190 cm³/mol. The first-order chi connectivity index (χ1) is 23.7. The predicted octanol–water partition coefficient (Wildman–Crippen LogP) is 6.97. The number of carboxylic acids is 1. The average molecular weight is 662 g/mol. The number of nitrogens with one attached hydrogen (secondary N) is 1. The number of rotatable bonds is 15. The molecule has 0 bridgehead atoms. The molecule has 2 N–H and O–H groups in total. The molecule has 0 aliphatic heterocycles. The SMILES string of the molecule is CC(C)(C)OC(=O)N[C@@H](CCN(Cc1ccccc1OCC#Cc1ccccc1)Cc1ccccc1OCC=Cc1ccncc1)C(=O)O. The Labute approximate surface area is 288 Å². The van der Waals surface area contributed by atoms with Crippen LogP contribution in [0.4, 0.5) is 4.79 Å². The number of para-hydroxylation sites is 2. The number of hydrogen-bond donors (Lipinski definition) is 2. The lowest BCUT2D eigenvalue weighted by Gasteiger charge is -2.27. The van der Waals surface area contributed by atoms with Crippen molar-refractivity contribution in [2.45, 2.75) is 51.9 Å². The third kappa shape index (κ3) is 13.2. The summed E-state index contributed by atoms with van der Waals surface area (Å²) in [7, 11) is 0. The maximum absolute atomic E-state index is 12.5. The first kappa shape index (κ1) is 36.2. The lowest BCUT2D eigenvalue weighted by Crippen LogP contribution is -2.45. The zero-order chi connectivity index (χ0) is 34.9. The van der Waals surface area contributed by atoms with Gasteiger partial charge in [-0.2, -0.15) is 0 Å². The van der Waals surface area contributed by atoms with E-state index in [0.717, 1.165) is 22.3 Å². The van der Waals surface area contributed by atoms with Crippen molar-refractivity contribution in [2.24, 2.45) is 0 Å². The highest BCUT2D eigenvalue weighted by molar-refractivity contribution is 5.80. The third-order valence-electron chi connectivity index (χ3n) is 7.11. The fraction of sp³-hybridized carbons (Fsp3) is 0.275. The molecule has 0 radical (unpaired) electrons. The van der Waals surface area contributed by atoms with Crippen molar-refractivity contribution in [1.82, 2.24) is 15.2 Å². The smallest absolute Gasteiger partial charge is 0.408 e. The Balaban J connectivity index is 1.50. The topological polar surface area (TPSA) is 110 Å². The van der Waals surface area contributed by atoms with Crippen molar-refractivity contribution in [1.29, 1.82) is 0 Å². The first-order valence-electron chi connectivity index (χ1n) is 16.1. The van der Waals surface area contributed by atoms with Gasteiger partial charge < -0.3 is 24.6 Å². The van der Waals surface area contributed by atoms with E-state index in [1.807, 2.05) is 103 Å². The van der Waals surface area contributed by atoms with Gasteiger partial charge in [0.1, 0.15) is 36.4 Å². The van der Waals surface area contributed by atoms with Crippen LogP contribution in [0.1, 0.15) is 49.4 Å². The second-order valence-corrected chi connectivity index (χ2v) is 12.2. The van der Waals surface area contributed by atoms with Gasteiger partial charge >= 0.3 is 12.1 Å². The van der Waals surface area contributed by atoms with Crippen molar-refractivity contribution in [3.8, 4) is 23.3 Å². The van der Waals surface area contributed by atoms with Gasteiger partial charge in [-0.25, -0.2) is 9.59 Å². The number of aromatic nitrogens is 1. The molecule has 1 aromatic heterocycles. The van der Waals surface area contributed by atoms with E-state index in [0.29, 0.717) is 37.7 Å². The quantitative estimate of drug-likeness (QED) is 0.132. The number of alkyl carbamates (subject to hydrolysis) is 1. The maximum atomic E-state index is 12.5. The fourth-order valence-electron chi connectivity index (χ4n) is 4.84. The number of aliphatic carboxylic acids is 1. The Morgan fingerprint density at radius 2 is 1.49 bits per heavy atom. The summed E-state index contributed by atoms with van der Waals surface area (Å²) in [5, 5.41) is 12.5. The highest BCUT2D eigenvalue weighted by Gasteiger charge is 2.25. The summed E-state index contributed by atoms with van der Waals surface area (Å²) in [6.45, 7) is 6.98. The standard InChI is InChI=1S/C40H43N3O6/c1-40(2,3)49-39(46)42-35(38(44)45)23-26-43(29-33-17-7-9-19-36(33)47-27-11-15-31-13-5-4-6-14-31)30-34-18-8-10-20-37(34)48-28-12-16-32-21-24-41-25-22-32/h4-10,12-14,16-22,24-25,35H,23,26-30H2,1-3H3,(H,42,46)(H,44,45)/t35-/m0/s1. The Morgan fingerprint density at radius 3 is 2.12 bits per heavy atom. The van der Waals surface area contributed by atoms with Crippen LogP contribution in [0.3, 0.4) is 0 Å². The zero-order valence-corrected chi connectivity index (χ0v) is 28.2. The zero-order valence-electron chi connectivity index (χ0n) is 28.2. The van der Waals surface area contributed by atoms with Crippen LogP contribution in [0.25, 0.3) is 6.08 Å². The molecule has 0 saturated carbocycles. The van der Waals surface area contributed by atoms with E-state index in [2.05, 4.69) is 27.0 Å². The number of ether oxygens (including phenoxy) is 3. The molecule has 9 nitrogen and oxygen atoms in total. The molecular weight excluding hydrogens is 618 g/mol. The van der Waals surface area contributed by atoms with Crippen molar-refractivity contribution >= 4 is 18.1 Å². The molecular formula is C40H43N3O6. The number of pyridine rings is 1. The molecule has 1 heterocycles. The molecule has 0 aliphatic rings. The number of carboxylic acid groups (broad SMARTS) is 1. The number of carbonyl (C=O) groups excluding carboxylic acids is 1. The molecule has 0 fully saturated rings. The summed E-state index contributed by atoms with van der Waals surface area (Å²) < 4.78 is 17.6. The molecule has 0 saturated heterocycles. The van der Waals surface area contributed by atoms with Crippen LogP contribution < -0.4 is 14.8 Å². The summed E-state index contributed by atoms with van der Waals surface area (Å²) in [6, 6.07) is 27.9. The van der Waals surface area contributed by atoms with Crippen LogP contribution in [-0.2, 0) is 22.6 Å². The van der Waals surface area contributed by atoms with Crippen molar-refractivity contribution in [3.05, 3.63) is 132 Å². The van der Waals surface area contributed by atoms with Gasteiger partial charge in [0.15, 0.2) is 0 Å². The Kier molecular flexibility index (Phi) is 13.8. The van der Waals surface area contributed by atoms with E-state index in [-0.39, 0.29) is 13.0 Å². The van der Waals surface area contributed by atoms with Crippen LogP contribution >= 0.6 is 0 Å². The van der Waals surface area contributed by atoms with Crippen LogP contribution in [0.15, 0.2) is 109 Å². The highest BCUT2D eigenvalue weighted by atomic mass is 16.6. The number of amides is 1. The van der Waals surface area contributed by atoms with Crippen molar-refractivity contribution in [2.75, 3.05) is 19.8 Å². The van der Waals surface area contributed by atoms with Crippen LogP contribution in [-0.4, -0.2) is 58.5 Å². The largest absolute Gasteiger partial charge is 0.489 e. The average Bonchev–Trinajstić information content (AvgIpc) is 3.08. The van der Waals surface area contributed by atoms with Gasteiger partial charge in [0, 0.05) is 48.7 Å². The number of hydrogen-bond acceptors (Lipinski definition) is 7. The molecule has 1 amide bonds. The molecule has 4 rings (SSSR count). The fourth-order valence-corrected chi connectivity index (χ4v) is 4.84. The Hall–Kier alpha value is -5.59. The number of carbonyl (C=O) groups is 2. The summed E-state index contributed by atoms with van der Waals surface area (Å²) in [6.07, 6.45) is 6.75. The van der Waals surface area contributed by atoms with Gasteiger partial charge in [0.2, 0.25) is 0 Å². The molecule has 0 spiro atoms. The molecule has 9 heteroatoms. The van der Waals surface area contributed by atoms with Crippen molar-refractivity contribution < 1.29 is 28.9 Å². The van der Waals surface area contributed by atoms with Gasteiger partial charge in [-0.05, 0) is 75.2 Å². The maximum Gasteiger partial charge on any atom is 0.408 e. The van der Waals surface area contributed by atoms with Crippen LogP contribution in [0, 0.1) is 11.8 Å². The molecule has 49 heavy (non-hydrogen) atoms. The van der Waals surface area contributed by atoms with Gasteiger partial charge in [0.05, 0.1) is 0 Å². The number of nitrogens with zero attached hydrogens (tertiary/aromatic N) is 2. The van der Waals surface area contributed by atoms with Crippen molar-refractivity contribution in [3.63, 3.8) is 0 Å². The van der Waals surface area contributed by atoms with Gasteiger partial charge in [-0.1, -0.05) is 72.5 Å². The van der Waals surface area contributed by atoms with Crippen LogP contribution in [0.5, 0.6) is 11.5 Å². The second kappa shape index (κ2) is 18.7.